The Balaban J connectivity index is 2.31. The Labute approximate surface area is 69.5 Å². The Bertz CT molecular complexity index is 102. The van der Waals surface area contributed by atoms with Gasteiger partial charge in [0.05, 0.1) is 0 Å². The second kappa shape index (κ2) is 4.73. The third-order valence-corrected chi connectivity index (χ3v) is 2.78. The number of nitrogens with two attached hydrogens (primary N) is 1. The molecule has 11 heavy (non-hydrogen) atoms. The minimum atomic E-state index is 0.601. The smallest absolute Gasteiger partial charge is 0.0238 e. The van der Waals surface area contributed by atoms with Gasteiger partial charge in [0.25, 0.3) is 0 Å². The van der Waals surface area contributed by atoms with E-state index in [4.69, 9.17) is 5.84 Å². The zero-order valence-corrected chi connectivity index (χ0v) is 7.47. The van der Waals surface area contributed by atoms with Crippen molar-refractivity contribution in [1.29, 1.82) is 0 Å². The fourth-order valence-corrected chi connectivity index (χ4v) is 2.14. The van der Waals surface area contributed by atoms with Crippen molar-refractivity contribution in [3.8, 4) is 0 Å². The van der Waals surface area contributed by atoms with E-state index in [1.54, 1.807) is 0 Å². The lowest BCUT2D eigenvalue weighted by atomic mass is 9.82. The SMILES string of the molecule is CCC[C@H]1CCCC[C@@H]1NN. The lowest BCUT2D eigenvalue weighted by Crippen LogP contribution is -2.42. The summed E-state index contributed by atoms with van der Waals surface area (Å²) in [5, 5.41) is 0. The summed E-state index contributed by atoms with van der Waals surface area (Å²) in [6.07, 6.45) is 8.06. The highest BCUT2D eigenvalue weighted by molar-refractivity contribution is 4.78. The highest BCUT2D eigenvalue weighted by Crippen LogP contribution is 2.27. The van der Waals surface area contributed by atoms with Crippen LogP contribution >= 0.6 is 0 Å². The van der Waals surface area contributed by atoms with E-state index in [9.17, 15) is 0 Å². The lowest BCUT2D eigenvalue weighted by molar-refractivity contribution is 0.250. The molecule has 0 unspecified atom stereocenters. The molecule has 1 rings (SSSR count). The summed E-state index contributed by atoms with van der Waals surface area (Å²) in [6.45, 7) is 2.25. The van der Waals surface area contributed by atoms with E-state index >= 15 is 0 Å². The molecule has 0 aromatic heterocycles. The van der Waals surface area contributed by atoms with Crippen LogP contribution in [0.25, 0.3) is 0 Å². The van der Waals surface area contributed by atoms with Crippen LogP contribution in [0.4, 0.5) is 0 Å². The van der Waals surface area contributed by atoms with Gasteiger partial charge in [0, 0.05) is 6.04 Å². The van der Waals surface area contributed by atoms with Crippen LogP contribution in [0.3, 0.4) is 0 Å². The molecule has 0 aliphatic heterocycles. The normalized spacial score (nSPS) is 32.2. The van der Waals surface area contributed by atoms with Gasteiger partial charge in [-0.2, -0.15) is 0 Å². The van der Waals surface area contributed by atoms with Crippen molar-refractivity contribution in [3.63, 3.8) is 0 Å². The second-order valence-electron chi connectivity index (χ2n) is 3.61. The maximum Gasteiger partial charge on any atom is 0.0238 e. The van der Waals surface area contributed by atoms with Crippen molar-refractivity contribution >= 4 is 0 Å². The summed E-state index contributed by atoms with van der Waals surface area (Å²) in [7, 11) is 0. The fourth-order valence-electron chi connectivity index (χ4n) is 2.14. The molecule has 0 spiro atoms. The van der Waals surface area contributed by atoms with Crippen LogP contribution in [-0.4, -0.2) is 6.04 Å². The molecular weight excluding hydrogens is 136 g/mol. The van der Waals surface area contributed by atoms with Crippen LogP contribution in [0.5, 0.6) is 0 Å². The first kappa shape index (κ1) is 9.01. The minimum absolute atomic E-state index is 0.601. The zero-order valence-electron chi connectivity index (χ0n) is 7.47. The van der Waals surface area contributed by atoms with E-state index in [-0.39, 0.29) is 0 Å². The molecule has 0 saturated heterocycles. The summed E-state index contributed by atoms with van der Waals surface area (Å²) in [4.78, 5) is 0. The monoisotopic (exact) mass is 156 g/mol. The molecule has 1 saturated carbocycles. The Kier molecular flexibility index (Phi) is 3.87. The van der Waals surface area contributed by atoms with E-state index in [1.807, 2.05) is 0 Å². The molecule has 0 amide bonds. The van der Waals surface area contributed by atoms with Crippen molar-refractivity contribution in [3.05, 3.63) is 0 Å². The summed E-state index contributed by atoms with van der Waals surface area (Å²) < 4.78 is 0. The lowest BCUT2D eigenvalue weighted by Gasteiger charge is -2.30. The third-order valence-electron chi connectivity index (χ3n) is 2.78. The van der Waals surface area contributed by atoms with Crippen molar-refractivity contribution < 1.29 is 0 Å². The number of hydrazine groups is 1. The quantitative estimate of drug-likeness (QED) is 0.483. The van der Waals surface area contributed by atoms with Crippen LogP contribution < -0.4 is 11.3 Å². The highest BCUT2D eigenvalue weighted by Gasteiger charge is 2.22. The molecule has 3 N–H and O–H groups in total. The number of hydrogen-bond donors (Lipinski definition) is 2. The van der Waals surface area contributed by atoms with Gasteiger partial charge in [-0.3, -0.25) is 11.3 Å². The standard InChI is InChI=1S/C9H20N2/c1-2-5-8-6-3-4-7-9(8)11-10/h8-9,11H,2-7,10H2,1H3/t8-,9-/m0/s1. The van der Waals surface area contributed by atoms with E-state index in [1.165, 1.54) is 38.5 Å². The zero-order chi connectivity index (χ0) is 8.10. The van der Waals surface area contributed by atoms with Crippen LogP contribution in [0, 0.1) is 5.92 Å². The van der Waals surface area contributed by atoms with Crippen LogP contribution in [-0.2, 0) is 0 Å². The topological polar surface area (TPSA) is 38.0 Å². The van der Waals surface area contributed by atoms with E-state index < -0.39 is 0 Å². The van der Waals surface area contributed by atoms with Gasteiger partial charge < -0.3 is 0 Å². The molecule has 66 valence electrons. The molecule has 0 bridgehead atoms. The van der Waals surface area contributed by atoms with Gasteiger partial charge in [0.2, 0.25) is 0 Å². The highest BCUT2D eigenvalue weighted by atomic mass is 15.2. The summed E-state index contributed by atoms with van der Waals surface area (Å²) in [6, 6.07) is 0.601. The molecule has 0 aromatic carbocycles. The minimum Gasteiger partial charge on any atom is -0.271 e. The molecular formula is C9H20N2. The van der Waals surface area contributed by atoms with Gasteiger partial charge in [0.15, 0.2) is 0 Å². The molecule has 1 fully saturated rings. The van der Waals surface area contributed by atoms with E-state index in [0.29, 0.717) is 6.04 Å². The van der Waals surface area contributed by atoms with Crippen molar-refractivity contribution in [2.75, 3.05) is 0 Å². The van der Waals surface area contributed by atoms with Crippen molar-refractivity contribution in [1.82, 2.24) is 5.43 Å². The van der Waals surface area contributed by atoms with Crippen LogP contribution in [0.15, 0.2) is 0 Å². The van der Waals surface area contributed by atoms with Gasteiger partial charge >= 0.3 is 0 Å². The number of nitrogens with one attached hydrogen (secondary N) is 1. The van der Waals surface area contributed by atoms with Gasteiger partial charge in [-0.15, -0.1) is 0 Å². The molecule has 2 atom stereocenters. The Morgan fingerprint density at radius 3 is 2.73 bits per heavy atom. The first-order chi connectivity index (χ1) is 5.38. The predicted octanol–water partition coefficient (Wildman–Crippen LogP) is 1.81. The Hall–Kier alpha value is -0.0800. The molecule has 0 heterocycles. The molecule has 0 radical (unpaired) electrons. The molecule has 0 aromatic rings. The second-order valence-corrected chi connectivity index (χ2v) is 3.61. The average molecular weight is 156 g/mol. The molecule has 1 aliphatic rings. The predicted molar refractivity (Wildman–Crippen MR) is 48.0 cm³/mol. The van der Waals surface area contributed by atoms with E-state index in [0.717, 1.165) is 5.92 Å². The molecule has 1 aliphatic carbocycles. The largest absolute Gasteiger partial charge is 0.271 e. The number of hydrogen-bond acceptors (Lipinski definition) is 2. The average Bonchev–Trinajstić information content (AvgIpc) is 2.06. The number of rotatable bonds is 3. The summed E-state index contributed by atoms with van der Waals surface area (Å²) in [5.74, 6) is 6.32. The first-order valence-electron chi connectivity index (χ1n) is 4.84. The maximum absolute atomic E-state index is 5.47. The van der Waals surface area contributed by atoms with Gasteiger partial charge in [0.1, 0.15) is 0 Å². The summed E-state index contributed by atoms with van der Waals surface area (Å²) in [5.41, 5.74) is 2.94. The van der Waals surface area contributed by atoms with Crippen LogP contribution in [0.2, 0.25) is 0 Å². The van der Waals surface area contributed by atoms with Gasteiger partial charge in [-0.25, -0.2) is 0 Å². The Morgan fingerprint density at radius 1 is 1.36 bits per heavy atom. The fraction of sp³-hybridized carbons (Fsp3) is 1.00. The summed E-state index contributed by atoms with van der Waals surface area (Å²) >= 11 is 0. The van der Waals surface area contributed by atoms with E-state index in [2.05, 4.69) is 12.3 Å². The molecule has 2 heteroatoms. The molecule has 2 nitrogen and oxygen atoms in total. The first-order valence-corrected chi connectivity index (χ1v) is 4.84. The van der Waals surface area contributed by atoms with Gasteiger partial charge in [-0.1, -0.05) is 26.2 Å². The van der Waals surface area contributed by atoms with Crippen molar-refractivity contribution in [2.45, 2.75) is 51.5 Å². The Morgan fingerprint density at radius 2 is 2.09 bits per heavy atom. The van der Waals surface area contributed by atoms with Crippen LogP contribution in [0.1, 0.15) is 45.4 Å². The maximum atomic E-state index is 5.47. The van der Waals surface area contributed by atoms with Gasteiger partial charge in [-0.05, 0) is 25.2 Å². The van der Waals surface area contributed by atoms with Crippen molar-refractivity contribution in [2.24, 2.45) is 11.8 Å². The third kappa shape index (κ3) is 2.46.